The fraction of sp³-hybridized carbons (Fsp3) is 0.941. The van der Waals surface area contributed by atoms with E-state index in [1.165, 1.54) is 218 Å². The van der Waals surface area contributed by atoms with Gasteiger partial charge in [0.25, 0.3) is 0 Å². The third-order valence-electron chi connectivity index (χ3n) is 12.1. The average molecular weight is 792 g/mol. The number of aliphatic hydroxyl groups is 3. The highest BCUT2D eigenvalue weighted by Gasteiger charge is 2.26. The standard InChI is InChI=1S/C51H101NO4/c1-3-5-7-9-11-13-15-17-19-21-22-23-24-25-26-27-28-29-30-32-34-36-38-40-42-44-46-50(55)52-48(47-53)51(56)49(54)45-43-41-39-37-35-33-31-20-18-16-14-12-10-8-6-4-2/h37,39,48-49,51,53-54,56H,3-36,38,40-47H2,1-2H3,(H,52,55)/b39-37+. The van der Waals surface area contributed by atoms with Crippen LogP contribution in [0.25, 0.3) is 0 Å². The summed E-state index contributed by atoms with van der Waals surface area (Å²) in [6.45, 7) is 4.19. The zero-order valence-electron chi connectivity index (χ0n) is 38.0. The van der Waals surface area contributed by atoms with E-state index in [4.69, 9.17) is 0 Å². The van der Waals surface area contributed by atoms with Crippen molar-refractivity contribution >= 4 is 5.91 Å². The number of unbranched alkanes of at least 4 members (excludes halogenated alkanes) is 37. The predicted octanol–water partition coefficient (Wildman–Crippen LogP) is 15.2. The van der Waals surface area contributed by atoms with E-state index in [1.807, 2.05) is 0 Å². The van der Waals surface area contributed by atoms with Crippen LogP contribution >= 0.6 is 0 Å². The zero-order chi connectivity index (χ0) is 40.8. The topological polar surface area (TPSA) is 89.8 Å². The van der Waals surface area contributed by atoms with Crippen molar-refractivity contribution in [2.24, 2.45) is 0 Å². The highest BCUT2D eigenvalue weighted by atomic mass is 16.3. The molecule has 0 radical (unpaired) electrons. The van der Waals surface area contributed by atoms with Gasteiger partial charge in [-0.05, 0) is 38.5 Å². The number of aliphatic hydroxyl groups excluding tert-OH is 3. The summed E-state index contributed by atoms with van der Waals surface area (Å²) in [5.41, 5.74) is 0. The molecule has 56 heavy (non-hydrogen) atoms. The third kappa shape index (κ3) is 41.3. The van der Waals surface area contributed by atoms with Gasteiger partial charge < -0.3 is 20.6 Å². The number of hydrogen-bond acceptors (Lipinski definition) is 4. The van der Waals surface area contributed by atoms with Crippen molar-refractivity contribution in [3.63, 3.8) is 0 Å². The Labute approximate surface area is 350 Å². The van der Waals surface area contributed by atoms with Crippen molar-refractivity contribution in [3.8, 4) is 0 Å². The van der Waals surface area contributed by atoms with Crippen LogP contribution in [-0.4, -0.2) is 46.1 Å². The van der Waals surface area contributed by atoms with Gasteiger partial charge in [-0.2, -0.15) is 0 Å². The van der Waals surface area contributed by atoms with Gasteiger partial charge in [0.2, 0.25) is 5.91 Å². The van der Waals surface area contributed by atoms with Gasteiger partial charge >= 0.3 is 0 Å². The van der Waals surface area contributed by atoms with Crippen LogP contribution in [0.5, 0.6) is 0 Å². The fourth-order valence-corrected chi connectivity index (χ4v) is 8.17. The Balaban J connectivity index is 3.54. The first-order valence-electron chi connectivity index (χ1n) is 25.5. The molecule has 0 fully saturated rings. The first-order chi connectivity index (χ1) is 27.6. The SMILES string of the molecule is CCCCCCCCCCCCC/C=C/CCCC(O)C(O)C(CO)NC(=O)CCCCCCCCCCCCCCCCCCCCCCCCCCCC. The molecule has 0 aromatic rings. The van der Waals surface area contributed by atoms with Crippen molar-refractivity contribution in [1.29, 1.82) is 0 Å². The van der Waals surface area contributed by atoms with Crippen LogP contribution in [0, 0.1) is 0 Å². The van der Waals surface area contributed by atoms with E-state index >= 15 is 0 Å². The Morgan fingerprint density at radius 1 is 0.429 bits per heavy atom. The van der Waals surface area contributed by atoms with E-state index in [0.717, 1.165) is 38.5 Å². The molecular formula is C51H101NO4. The molecule has 0 aliphatic carbocycles. The lowest BCUT2D eigenvalue weighted by atomic mass is 10.0. The molecule has 0 aromatic heterocycles. The summed E-state index contributed by atoms with van der Waals surface area (Å²) in [5.74, 6) is -0.148. The van der Waals surface area contributed by atoms with Crippen molar-refractivity contribution in [3.05, 3.63) is 12.2 Å². The maximum Gasteiger partial charge on any atom is 0.220 e. The van der Waals surface area contributed by atoms with E-state index in [2.05, 4.69) is 31.3 Å². The molecule has 334 valence electrons. The van der Waals surface area contributed by atoms with Crippen molar-refractivity contribution < 1.29 is 20.1 Å². The Kier molecular flexibility index (Phi) is 46.0. The van der Waals surface area contributed by atoms with Crippen LogP contribution in [0.3, 0.4) is 0 Å². The molecule has 0 bridgehead atoms. The number of amides is 1. The van der Waals surface area contributed by atoms with Crippen LogP contribution in [0.1, 0.15) is 284 Å². The first kappa shape index (κ1) is 55.1. The lowest BCUT2D eigenvalue weighted by Gasteiger charge is -2.26. The molecular weight excluding hydrogens is 691 g/mol. The second-order valence-corrected chi connectivity index (χ2v) is 17.7. The van der Waals surface area contributed by atoms with E-state index in [1.54, 1.807) is 0 Å². The summed E-state index contributed by atoms with van der Waals surface area (Å²) in [4.78, 5) is 12.5. The number of hydrogen-bond donors (Lipinski definition) is 4. The van der Waals surface area contributed by atoms with Crippen molar-refractivity contribution in [1.82, 2.24) is 5.32 Å². The van der Waals surface area contributed by atoms with Gasteiger partial charge in [-0.25, -0.2) is 0 Å². The molecule has 5 heteroatoms. The van der Waals surface area contributed by atoms with Gasteiger partial charge in [0, 0.05) is 6.42 Å². The molecule has 0 aromatic carbocycles. The molecule has 3 unspecified atom stereocenters. The Bertz CT molecular complexity index is 788. The highest BCUT2D eigenvalue weighted by molar-refractivity contribution is 5.76. The maximum atomic E-state index is 12.5. The minimum atomic E-state index is -1.15. The smallest absolute Gasteiger partial charge is 0.220 e. The molecule has 5 nitrogen and oxygen atoms in total. The third-order valence-corrected chi connectivity index (χ3v) is 12.1. The van der Waals surface area contributed by atoms with Crippen LogP contribution in [-0.2, 0) is 4.79 Å². The molecule has 0 saturated carbocycles. The number of carbonyl (C=O) groups is 1. The zero-order valence-corrected chi connectivity index (χ0v) is 38.0. The average Bonchev–Trinajstić information content (AvgIpc) is 3.20. The maximum absolute atomic E-state index is 12.5. The van der Waals surface area contributed by atoms with E-state index in [9.17, 15) is 20.1 Å². The monoisotopic (exact) mass is 792 g/mol. The highest BCUT2D eigenvalue weighted by Crippen LogP contribution is 2.17. The summed E-state index contributed by atoms with van der Waals surface area (Å²) in [7, 11) is 0. The lowest BCUT2D eigenvalue weighted by molar-refractivity contribution is -0.124. The van der Waals surface area contributed by atoms with Crippen LogP contribution in [0.15, 0.2) is 12.2 Å². The summed E-state index contributed by atoms with van der Waals surface area (Å²) in [6.07, 6.45) is 56.4. The van der Waals surface area contributed by atoms with Gasteiger partial charge in [0.1, 0.15) is 6.10 Å². The minimum Gasteiger partial charge on any atom is -0.394 e. The molecule has 3 atom stereocenters. The molecule has 0 saturated heterocycles. The van der Waals surface area contributed by atoms with Gasteiger partial charge in [-0.15, -0.1) is 0 Å². The Morgan fingerprint density at radius 3 is 1.04 bits per heavy atom. The van der Waals surface area contributed by atoms with Gasteiger partial charge in [0.15, 0.2) is 0 Å². The first-order valence-corrected chi connectivity index (χ1v) is 25.5. The Hall–Kier alpha value is -0.910. The second kappa shape index (κ2) is 46.8. The summed E-state index contributed by atoms with van der Waals surface area (Å²) < 4.78 is 0. The van der Waals surface area contributed by atoms with Crippen molar-refractivity contribution in [2.45, 2.75) is 302 Å². The molecule has 0 spiro atoms. The number of allylic oxidation sites excluding steroid dienone is 2. The van der Waals surface area contributed by atoms with Gasteiger partial charge in [-0.1, -0.05) is 251 Å². The van der Waals surface area contributed by atoms with Crippen molar-refractivity contribution in [2.75, 3.05) is 6.61 Å². The molecule has 0 aliphatic rings. The van der Waals surface area contributed by atoms with E-state index in [-0.39, 0.29) is 12.5 Å². The molecule has 0 rings (SSSR count). The summed E-state index contributed by atoms with van der Waals surface area (Å²) in [6, 6.07) is -0.821. The van der Waals surface area contributed by atoms with E-state index < -0.39 is 18.2 Å². The predicted molar refractivity (Wildman–Crippen MR) is 245 cm³/mol. The molecule has 0 aliphatic heterocycles. The van der Waals surface area contributed by atoms with Crippen LogP contribution in [0.4, 0.5) is 0 Å². The number of rotatable bonds is 47. The van der Waals surface area contributed by atoms with E-state index in [0.29, 0.717) is 12.8 Å². The lowest BCUT2D eigenvalue weighted by Crippen LogP contribution is -2.50. The van der Waals surface area contributed by atoms with Gasteiger partial charge in [0.05, 0.1) is 18.8 Å². The normalized spacial score (nSPS) is 13.4. The van der Waals surface area contributed by atoms with Crippen LogP contribution in [0.2, 0.25) is 0 Å². The molecule has 0 heterocycles. The summed E-state index contributed by atoms with van der Waals surface area (Å²) >= 11 is 0. The summed E-state index contributed by atoms with van der Waals surface area (Å²) in [5, 5.41) is 33.6. The largest absolute Gasteiger partial charge is 0.394 e. The second-order valence-electron chi connectivity index (χ2n) is 17.7. The number of nitrogens with one attached hydrogen (secondary N) is 1. The van der Waals surface area contributed by atoms with Crippen LogP contribution < -0.4 is 5.32 Å². The minimum absolute atomic E-state index is 0.148. The Morgan fingerprint density at radius 2 is 0.714 bits per heavy atom. The van der Waals surface area contributed by atoms with Gasteiger partial charge in [-0.3, -0.25) is 4.79 Å². The molecule has 4 N–H and O–H groups in total. The quantitative estimate of drug-likeness (QED) is 0.0365. The number of carbonyl (C=O) groups excluding carboxylic acids is 1. The fourth-order valence-electron chi connectivity index (χ4n) is 8.17. The molecule has 1 amide bonds.